The van der Waals surface area contributed by atoms with Crippen molar-refractivity contribution in [1.82, 2.24) is 4.57 Å². The molecule has 8 heteroatoms. The number of aromatic hydroxyl groups is 2. The number of methoxy groups -OCH3 is 1. The molecule has 4 rings (SSSR count). The molecule has 158 valence electrons. The lowest BCUT2D eigenvalue weighted by atomic mass is 9.95. The number of hydrogen-bond donors (Lipinski definition) is 2. The molecule has 0 saturated heterocycles. The Balaban J connectivity index is 2.01. The maximum Gasteiger partial charge on any atom is 0.338 e. The number of phenols is 2. The second-order valence-electron chi connectivity index (χ2n) is 6.94. The van der Waals surface area contributed by atoms with Crippen LogP contribution in [0.1, 0.15) is 30.5 Å². The molecule has 0 aliphatic carbocycles. The summed E-state index contributed by atoms with van der Waals surface area (Å²) >= 11 is 1.18. The third-order valence-electron chi connectivity index (χ3n) is 5.07. The van der Waals surface area contributed by atoms with Gasteiger partial charge in [-0.1, -0.05) is 48.6 Å². The lowest BCUT2D eigenvalue weighted by molar-refractivity contribution is -0.136. The van der Waals surface area contributed by atoms with E-state index >= 15 is 0 Å². The van der Waals surface area contributed by atoms with Crippen LogP contribution in [0.3, 0.4) is 0 Å². The molecule has 0 bridgehead atoms. The first-order chi connectivity index (χ1) is 14.9. The molecule has 3 aromatic rings. The Labute approximate surface area is 181 Å². The predicted octanol–water partition coefficient (Wildman–Crippen LogP) is 2.21. The predicted molar refractivity (Wildman–Crippen MR) is 117 cm³/mol. The number of rotatable bonds is 4. The van der Waals surface area contributed by atoms with E-state index in [0.717, 1.165) is 5.56 Å². The van der Waals surface area contributed by atoms with Gasteiger partial charge in [-0.15, -0.1) is 0 Å². The van der Waals surface area contributed by atoms with Crippen LogP contribution in [0.5, 0.6) is 11.5 Å². The number of ether oxygens (including phenoxy) is 1. The van der Waals surface area contributed by atoms with Gasteiger partial charge in [-0.25, -0.2) is 9.79 Å². The topological polar surface area (TPSA) is 101 Å². The summed E-state index contributed by atoms with van der Waals surface area (Å²) in [5.74, 6) is -0.745. The van der Waals surface area contributed by atoms with Crippen molar-refractivity contribution in [2.24, 2.45) is 4.99 Å². The van der Waals surface area contributed by atoms with Gasteiger partial charge in [0.2, 0.25) is 0 Å². The highest BCUT2D eigenvalue weighted by Gasteiger charge is 2.33. The highest BCUT2D eigenvalue weighted by molar-refractivity contribution is 7.07. The maximum atomic E-state index is 13.4. The van der Waals surface area contributed by atoms with Gasteiger partial charge in [-0.05, 0) is 30.2 Å². The first-order valence-corrected chi connectivity index (χ1v) is 10.5. The second kappa shape index (κ2) is 8.23. The lowest BCUT2D eigenvalue weighted by Gasteiger charge is -2.25. The monoisotopic (exact) mass is 436 g/mol. The summed E-state index contributed by atoms with van der Waals surface area (Å²) in [6, 6.07) is 12.8. The fourth-order valence-electron chi connectivity index (χ4n) is 3.61. The fraction of sp³-hybridized carbons (Fsp3) is 0.174. The van der Waals surface area contributed by atoms with E-state index in [2.05, 4.69) is 4.99 Å². The Morgan fingerprint density at radius 3 is 2.61 bits per heavy atom. The van der Waals surface area contributed by atoms with Crippen molar-refractivity contribution in [3.05, 3.63) is 90.6 Å². The minimum atomic E-state index is -0.671. The summed E-state index contributed by atoms with van der Waals surface area (Å²) in [5.41, 5.74) is 1.73. The Hall–Kier alpha value is -3.65. The summed E-state index contributed by atoms with van der Waals surface area (Å²) in [7, 11) is 1.31. The number of aromatic nitrogens is 1. The maximum absolute atomic E-state index is 13.4. The summed E-state index contributed by atoms with van der Waals surface area (Å²) in [6.07, 6.45) is 2.05. The molecule has 1 aliphatic rings. The van der Waals surface area contributed by atoms with Crippen LogP contribution in [0, 0.1) is 0 Å². The van der Waals surface area contributed by atoms with Gasteiger partial charge in [0.25, 0.3) is 5.56 Å². The van der Waals surface area contributed by atoms with E-state index in [1.807, 2.05) is 37.3 Å². The molecule has 1 aliphatic heterocycles. The van der Waals surface area contributed by atoms with E-state index in [-0.39, 0.29) is 17.1 Å². The number of fused-ring (bicyclic) bond motifs is 1. The number of thiazole rings is 1. The van der Waals surface area contributed by atoms with Crippen molar-refractivity contribution in [2.45, 2.75) is 19.4 Å². The van der Waals surface area contributed by atoms with Gasteiger partial charge in [-0.3, -0.25) is 9.36 Å². The zero-order valence-electron chi connectivity index (χ0n) is 16.9. The number of carbonyl (C=O) groups is 1. The molecule has 2 aromatic carbocycles. The van der Waals surface area contributed by atoms with Crippen LogP contribution in [-0.2, 0) is 9.53 Å². The molecule has 0 saturated carbocycles. The molecule has 0 radical (unpaired) electrons. The van der Waals surface area contributed by atoms with Gasteiger partial charge in [0.1, 0.15) is 11.5 Å². The smallest absolute Gasteiger partial charge is 0.338 e. The normalized spacial score (nSPS) is 16.1. The number of carbonyl (C=O) groups excluding carboxylic acids is 1. The first kappa shape index (κ1) is 20.6. The highest BCUT2D eigenvalue weighted by atomic mass is 32.1. The Morgan fingerprint density at radius 1 is 1.23 bits per heavy atom. The molecular formula is C23H20N2O5S. The average Bonchev–Trinajstić information content (AvgIpc) is 3.09. The number of phenolic OH excluding ortho intramolecular Hbond substituents is 2. The van der Waals surface area contributed by atoms with Gasteiger partial charge in [0.15, 0.2) is 4.80 Å². The summed E-state index contributed by atoms with van der Waals surface area (Å²) < 4.78 is 6.87. The van der Waals surface area contributed by atoms with E-state index in [1.165, 1.54) is 41.2 Å². The minimum absolute atomic E-state index is 0.0736. The SMILES string of the molecule is CCC1=C(C(=O)OC)[C@@H](c2ccccc2)n2c(s/c(=C\c3ccc(O)cc3O)c2=O)=N1. The van der Waals surface area contributed by atoms with Gasteiger partial charge >= 0.3 is 5.97 Å². The Kier molecular flexibility index (Phi) is 5.48. The van der Waals surface area contributed by atoms with Crippen LogP contribution in [0.2, 0.25) is 0 Å². The first-order valence-electron chi connectivity index (χ1n) is 9.64. The largest absolute Gasteiger partial charge is 0.508 e. The molecular weight excluding hydrogens is 416 g/mol. The van der Waals surface area contributed by atoms with Crippen molar-refractivity contribution in [2.75, 3.05) is 7.11 Å². The van der Waals surface area contributed by atoms with Crippen LogP contribution >= 0.6 is 11.3 Å². The lowest BCUT2D eigenvalue weighted by Crippen LogP contribution is -2.40. The Bertz CT molecular complexity index is 1370. The van der Waals surface area contributed by atoms with Gasteiger partial charge < -0.3 is 14.9 Å². The highest BCUT2D eigenvalue weighted by Crippen LogP contribution is 2.31. The molecule has 1 aromatic heterocycles. The van der Waals surface area contributed by atoms with Crippen LogP contribution in [-0.4, -0.2) is 27.9 Å². The van der Waals surface area contributed by atoms with Gasteiger partial charge in [-0.2, -0.15) is 0 Å². The van der Waals surface area contributed by atoms with E-state index in [0.29, 0.717) is 32.6 Å². The zero-order chi connectivity index (χ0) is 22.1. The average molecular weight is 436 g/mol. The van der Waals surface area contributed by atoms with E-state index in [9.17, 15) is 19.8 Å². The minimum Gasteiger partial charge on any atom is -0.508 e. The molecule has 0 amide bonds. The third kappa shape index (κ3) is 3.66. The second-order valence-corrected chi connectivity index (χ2v) is 7.95. The summed E-state index contributed by atoms with van der Waals surface area (Å²) in [6.45, 7) is 1.90. The van der Waals surface area contributed by atoms with Crippen LogP contribution < -0.4 is 14.9 Å². The zero-order valence-corrected chi connectivity index (χ0v) is 17.7. The standard InChI is InChI=1S/C23H20N2O5S/c1-3-16-19(22(29)30-2)20(13-7-5-4-6-8-13)25-21(28)18(31-23(25)24-16)11-14-9-10-15(26)12-17(14)27/h4-12,20,26-27H,3H2,1-2H3/b18-11-/t20-/m1/s1. The summed E-state index contributed by atoms with van der Waals surface area (Å²) in [5, 5.41) is 19.6. The van der Waals surface area contributed by atoms with Crippen molar-refractivity contribution < 1.29 is 19.7 Å². The van der Waals surface area contributed by atoms with Gasteiger partial charge in [0.05, 0.1) is 29.0 Å². The third-order valence-corrected chi connectivity index (χ3v) is 6.05. The van der Waals surface area contributed by atoms with Crippen molar-refractivity contribution in [3.8, 4) is 11.5 Å². The number of benzene rings is 2. The number of esters is 1. The van der Waals surface area contributed by atoms with E-state index < -0.39 is 12.0 Å². The van der Waals surface area contributed by atoms with Crippen molar-refractivity contribution in [3.63, 3.8) is 0 Å². The van der Waals surface area contributed by atoms with Crippen molar-refractivity contribution in [1.29, 1.82) is 0 Å². The van der Waals surface area contributed by atoms with E-state index in [4.69, 9.17) is 4.74 Å². The fourth-order valence-corrected chi connectivity index (χ4v) is 4.62. The number of allylic oxidation sites excluding steroid dienone is 1. The molecule has 1 atom stereocenters. The van der Waals surface area contributed by atoms with Crippen molar-refractivity contribution >= 4 is 23.4 Å². The molecule has 0 spiro atoms. The molecule has 0 fully saturated rings. The summed E-state index contributed by atoms with van der Waals surface area (Å²) in [4.78, 5) is 31.2. The number of nitrogens with zero attached hydrogens (tertiary/aromatic N) is 2. The molecule has 7 nitrogen and oxygen atoms in total. The van der Waals surface area contributed by atoms with Crippen LogP contribution in [0.25, 0.3) is 6.08 Å². The quantitative estimate of drug-likeness (QED) is 0.611. The number of hydrogen-bond acceptors (Lipinski definition) is 7. The van der Waals surface area contributed by atoms with E-state index in [1.54, 1.807) is 6.08 Å². The molecule has 2 N–H and O–H groups in total. The van der Waals surface area contributed by atoms with Crippen LogP contribution in [0.4, 0.5) is 0 Å². The van der Waals surface area contributed by atoms with Gasteiger partial charge in [0, 0.05) is 11.6 Å². The Morgan fingerprint density at radius 2 is 1.97 bits per heavy atom. The van der Waals surface area contributed by atoms with Crippen LogP contribution in [0.15, 0.2) is 69.6 Å². The molecule has 31 heavy (non-hydrogen) atoms. The molecule has 0 unspecified atom stereocenters. The molecule has 2 heterocycles.